The van der Waals surface area contributed by atoms with E-state index in [2.05, 4.69) is 10.3 Å². The molecule has 0 aliphatic carbocycles. The molecule has 0 bridgehead atoms. The highest BCUT2D eigenvalue weighted by molar-refractivity contribution is 7.11. The minimum absolute atomic E-state index is 0.425. The molecule has 1 rings (SSSR count). The smallest absolute Gasteiger partial charge is 0.323 e. The molecule has 2 amide bonds. The van der Waals surface area contributed by atoms with Gasteiger partial charge in [-0.1, -0.05) is 0 Å². The lowest BCUT2D eigenvalue weighted by Crippen LogP contribution is -2.45. The Kier molecular flexibility index (Phi) is 5.44. The Balaban J connectivity index is 2.69. The van der Waals surface area contributed by atoms with E-state index in [9.17, 15) is 14.4 Å². The number of aromatic nitrogens is 1. The van der Waals surface area contributed by atoms with Crippen LogP contribution in [-0.2, 0) is 9.59 Å². The average molecular weight is 301 g/mol. The lowest BCUT2D eigenvalue weighted by atomic mass is 10.3. The number of urea groups is 1. The molecule has 0 aliphatic heterocycles. The van der Waals surface area contributed by atoms with Gasteiger partial charge in [0.05, 0.1) is 6.04 Å². The number of aryl methyl sites for hydroxylation is 1. The third kappa shape index (κ3) is 4.84. The minimum atomic E-state index is -1.28. The van der Waals surface area contributed by atoms with Gasteiger partial charge in [-0.15, -0.1) is 11.3 Å². The monoisotopic (exact) mass is 301 g/mol. The van der Waals surface area contributed by atoms with E-state index in [0.717, 1.165) is 4.88 Å². The first-order valence-electron chi connectivity index (χ1n) is 5.71. The molecule has 8 nitrogen and oxygen atoms in total. The van der Waals surface area contributed by atoms with Crippen molar-refractivity contribution in [3.8, 4) is 0 Å². The molecule has 110 valence electrons. The van der Waals surface area contributed by atoms with Gasteiger partial charge in [0.25, 0.3) is 0 Å². The van der Waals surface area contributed by atoms with Crippen molar-refractivity contribution >= 4 is 29.3 Å². The molecule has 0 fully saturated rings. The molecule has 20 heavy (non-hydrogen) atoms. The van der Waals surface area contributed by atoms with E-state index in [1.54, 1.807) is 13.1 Å². The zero-order valence-corrected chi connectivity index (χ0v) is 11.8. The maximum atomic E-state index is 11.9. The predicted octanol–water partition coefficient (Wildman–Crippen LogP) is 0.693. The van der Waals surface area contributed by atoms with E-state index in [4.69, 9.17) is 10.2 Å². The van der Waals surface area contributed by atoms with Gasteiger partial charge in [-0.25, -0.2) is 9.78 Å². The molecule has 1 unspecified atom stereocenters. The standard InChI is InChI=1S/C11H15N3O5S/c1-6-3-12-10(20-6)7(2)13-11(19)14(4-8(15)16)5-9(17)18/h3,7H,4-5H2,1-2H3,(H,13,19)(H,15,16)(H,17,18). The van der Waals surface area contributed by atoms with Crippen LogP contribution >= 0.6 is 11.3 Å². The molecule has 0 saturated heterocycles. The predicted molar refractivity (Wildman–Crippen MR) is 70.6 cm³/mol. The number of thiazole rings is 1. The first-order chi connectivity index (χ1) is 9.29. The van der Waals surface area contributed by atoms with E-state index >= 15 is 0 Å². The molecule has 9 heteroatoms. The fourth-order valence-corrected chi connectivity index (χ4v) is 2.21. The van der Waals surface area contributed by atoms with Gasteiger partial charge in [0.15, 0.2) is 0 Å². The molecule has 1 heterocycles. The summed E-state index contributed by atoms with van der Waals surface area (Å²) in [5.41, 5.74) is 0. The summed E-state index contributed by atoms with van der Waals surface area (Å²) in [5, 5.41) is 20.5. The molecule has 1 atom stereocenters. The van der Waals surface area contributed by atoms with E-state index in [1.165, 1.54) is 11.3 Å². The number of carbonyl (C=O) groups is 3. The van der Waals surface area contributed by atoms with E-state index in [1.807, 2.05) is 6.92 Å². The van der Waals surface area contributed by atoms with Crippen molar-refractivity contribution < 1.29 is 24.6 Å². The number of aliphatic carboxylic acids is 2. The van der Waals surface area contributed by atoms with Crippen LogP contribution in [0.2, 0.25) is 0 Å². The molecule has 0 aliphatic rings. The second-order valence-electron chi connectivity index (χ2n) is 4.12. The third-order valence-corrected chi connectivity index (χ3v) is 3.38. The van der Waals surface area contributed by atoms with Crippen LogP contribution in [-0.4, -0.2) is 51.2 Å². The highest BCUT2D eigenvalue weighted by Gasteiger charge is 2.22. The second-order valence-corrected chi connectivity index (χ2v) is 5.39. The normalized spacial score (nSPS) is 11.7. The summed E-state index contributed by atoms with van der Waals surface area (Å²) < 4.78 is 0. The van der Waals surface area contributed by atoms with Crippen molar-refractivity contribution in [3.63, 3.8) is 0 Å². The Morgan fingerprint density at radius 1 is 1.35 bits per heavy atom. The lowest BCUT2D eigenvalue weighted by Gasteiger charge is -2.21. The Morgan fingerprint density at radius 2 is 1.90 bits per heavy atom. The van der Waals surface area contributed by atoms with Gasteiger partial charge in [-0.05, 0) is 13.8 Å². The zero-order valence-electron chi connectivity index (χ0n) is 11.0. The quantitative estimate of drug-likeness (QED) is 0.711. The number of nitrogens with zero attached hydrogens (tertiary/aromatic N) is 2. The van der Waals surface area contributed by atoms with Crippen molar-refractivity contribution in [1.82, 2.24) is 15.2 Å². The topological polar surface area (TPSA) is 120 Å². The number of carboxylic acids is 2. The fourth-order valence-electron chi connectivity index (χ4n) is 1.44. The summed E-state index contributed by atoms with van der Waals surface area (Å²) in [7, 11) is 0. The molecule has 1 aromatic rings. The molecule has 0 aromatic carbocycles. The number of carbonyl (C=O) groups excluding carboxylic acids is 1. The number of amides is 2. The summed E-state index contributed by atoms with van der Waals surface area (Å²) in [5.74, 6) is -2.56. The van der Waals surface area contributed by atoms with Crippen molar-refractivity contribution in [2.75, 3.05) is 13.1 Å². The number of hydrogen-bond acceptors (Lipinski definition) is 5. The van der Waals surface area contributed by atoms with E-state index < -0.39 is 37.1 Å². The number of nitrogens with one attached hydrogen (secondary N) is 1. The fraction of sp³-hybridized carbons (Fsp3) is 0.455. The summed E-state index contributed by atoms with van der Waals surface area (Å²) >= 11 is 1.40. The van der Waals surface area contributed by atoms with Crippen LogP contribution in [0.1, 0.15) is 22.9 Å². The van der Waals surface area contributed by atoms with Crippen molar-refractivity contribution in [3.05, 3.63) is 16.1 Å². The molecule has 3 N–H and O–H groups in total. The molecule has 0 spiro atoms. The third-order valence-electron chi connectivity index (χ3n) is 2.29. The van der Waals surface area contributed by atoms with Crippen molar-refractivity contribution in [2.45, 2.75) is 19.9 Å². The Hall–Kier alpha value is -2.16. The largest absolute Gasteiger partial charge is 0.480 e. The average Bonchev–Trinajstić information content (AvgIpc) is 2.73. The van der Waals surface area contributed by atoms with Crippen LogP contribution in [0.25, 0.3) is 0 Å². The van der Waals surface area contributed by atoms with Crippen LogP contribution in [0, 0.1) is 6.92 Å². The van der Waals surface area contributed by atoms with Gasteiger partial charge in [0.2, 0.25) is 0 Å². The Morgan fingerprint density at radius 3 is 2.30 bits per heavy atom. The van der Waals surface area contributed by atoms with Crippen LogP contribution in [0.4, 0.5) is 4.79 Å². The second kappa shape index (κ2) is 6.85. The number of rotatable bonds is 6. The maximum Gasteiger partial charge on any atom is 0.323 e. The molecular formula is C11H15N3O5S. The van der Waals surface area contributed by atoms with Crippen LogP contribution in [0.15, 0.2) is 6.20 Å². The summed E-state index contributed by atoms with van der Waals surface area (Å²) in [4.78, 5) is 38.9. The summed E-state index contributed by atoms with van der Waals surface area (Å²) in [6.45, 7) is 2.20. The molecular weight excluding hydrogens is 286 g/mol. The maximum absolute atomic E-state index is 11.9. The Bertz CT molecular complexity index is 500. The SMILES string of the molecule is Cc1cnc(C(C)NC(=O)N(CC(=O)O)CC(=O)O)s1. The van der Waals surface area contributed by atoms with Crippen LogP contribution < -0.4 is 5.32 Å². The highest BCUT2D eigenvalue weighted by atomic mass is 32.1. The van der Waals surface area contributed by atoms with Crippen LogP contribution in [0.3, 0.4) is 0 Å². The summed E-state index contributed by atoms with van der Waals surface area (Å²) in [6.07, 6.45) is 1.66. The van der Waals surface area contributed by atoms with Gasteiger partial charge in [-0.3, -0.25) is 9.59 Å². The highest BCUT2D eigenvalue weighted by Crippen LogP contribution is 2.19. The Labute approximate surface area is 119 Å². The van der Waals surface area contributed by atoms with Crippen LogP contribution in [0.5, 0.6) is 0 Å². The van der Waals surface area contributed by atoms with E-state index in [0.29, 0.717) is 9.91 Å². The lowest BCUT2D eigenvalue weighted by molar-refractivity contribution is -0.140. The van der Waals surface area contributed by atoms with Crippen molar-refractivity contribution in [2.24, 2.45) is 0 Å². The zero-order chi connectivity index (χ0) is 15.3. The van der Waals surface area contributed by atoms with Gasteiger partial charge in [0.1, 0.15) is 18.1 Å². The van der Waals surface area contributed by atoms with E-state index in [-0.39, 0.29) is 0 Å². The first-order valence-corrected chi connectivity index (χ1v) is 6.52. The minimum Gasteiger partial charge on any atom is -0.480 e. The van der Waals surface area contributed by atoms with Gasteiger partial charge < -0.3 is 20.4 Å². The first kappa shape index (κ1) is 15.9. The van der Waals surface area contributed by atoms with Crippen molar-refractivity contribution in [1.29, 1.82) is 0 Å². The van der Waals surface area contributed by atoms with Gasteiger partial charge in [0, 0.05) is 11.1 Å². The number of carboxylic acid groups (broad SMARTS) is 2. The van der Waals surface area contributed by atoms with Gasteiger partial charge >= 0.3 is 18.0 Å². The molecule has 0 radical (unpaired) electrons. The molecule has 1 aromatic heterocycles. The molecule has 0 saturated carbocycles. The number of hydrogen-bond donors (Lipinski definition) is 3. The van der Waals surface area contributed by atoms with Gasteiger partial charge in [-0.2, -0.15) is 0 Å². The summed E-state index contributed by atoms with van der Waals surface area (Å²) in [6, 6.07) is -1.18.